The van der Waals surface area contributed by atoms with Crippen molar-refractivity contribution in [3.05, 3.63) is 94.0 Å². The standard InChI is InChI=1S/C24H25ClN2O3S/c1-4-18-10-7-8-17(2)23(18)26-24(28)19-12-14-21(15-13-19)27(31(3,29)30)16-20-9-5-6-11-22(20)25/h5-15H,4,16H2,1-3H3,(H,26,28). The van der Waals surface area contributed by atoms with Gasteiger partial charge in [0.25, 0.3) is 5.91 Å². The number of anilines is 2. The van der Waals surface area contributed by atoms with Crippen molar-refractivity contribution < 1.29 is 13.2 Å². The van der Waals surface area contributed by atoms with Gasteiger partial charge in [-0.3, -0.25) is 9.10 Å². The minimum atomic E-state index is -3.56. The van der Waals surface area contributed by atoms with Gasteiger partial charge in [0.15, 0.2) is 0 Å². The molecule has 0 bridgehead atoms. The molecule has 1 N–H and O–H groups in total. The van der Waals surface area contributed by atoms with Gasteiger partial charge in [-0.2, -0.15) is 0 Å². The number of amides is 1. The summed E-state index contributed by atoms with van der Waals surface area (Å²) in [7, 11) is -3.56. The molecule has 3 rings (SSSR count). The lowest BCUT2D eigenvalue weighted by Gasteiger charge is -2.23. The summed E-state index contributed by atoms with van der Waals surface area (Å²) in [5, 5.41) is 3.48. The SMILES string of the molecule is CCc1cccc(C)c1NC(=O)c1ccc(N(Cc2ccccc2Cl)S(C)(=O)=O)cc1. The Morgan fingerprint density at radius 2 is 1.61 bits per heavy atom. The number of hydrogen-bond donors (Lipinski definition) is 1. The van der Waals surface area contributed by atoms with Crippen molar-refractivity contribution in [3.63, 3.8) is 0 Å². The lowest BCUT2D eigenvalue weighted by molar-refractivity contribution is 0.102. The van der Waals surface area contributed by atoms with Crippen LogP contribution in [-0.2, 0) is 23.0 Å². The first-order valence-corrected chi connectivity index (χ1v) is 12.1. The van der Waals surface area contributed by atoms with Crippen molar-refractivity contribution in [2.75, 3.05) is 15.9 Å². The number of aryl methyl sites for hydroxylation is 2. The van der Waals surface area contributed by atoms with E-state index < -0.39 is 10.0 Å². The van der Waals surface area contributed by atoms with Crippen LogP contribution >= 0.6 is 11.6 Å². The maximum atomic E-state index is 12.8. The number of sulfonamides is 1. The Hall–Kier alpha value is -2.83. The summed E-state index contributed by atoms with van der Waals surface area (Å²) >= 11 is 6.21. The number of para-hydroxylation sites is 1. The topological polar surface area (TPSA) is 66.5 Å². The molecule has 0 radical (unpaired) electrons. The summed E-state index contributed by atoms with van der Waals surface area (Å²) < 4.78 is 26.1. The summed E-state index contributed by atoms with van der Waals surface area (Å²) in [6.07, 6.45) is 1.95. The Labute approximate surface area is 188 Å². The van der Waals surface area contributed by atoms with Crippen LogP contribution in [0, 0.1) is 6.92 Å². The number of nitrogens with zero attached hydrogens (tertiary/aromatic N) is 1. The van der Waals surface area contributed by atoms with E-state index in [4.69, 9.17) is 11.6 Å². The van der Waals surface area contributed by atoms with Gasteiger partial charge < -0.3 is 5.32 Å². The normalized spacial score (nSPS) is 11.2. The summed E-state index contributed by atoms with van der Waals surface area (Å²) in [6, 6.07) is 19.5. The fraction of sp³-hybridized carbons (Fsp3) is 0.208. The summed E-state index contributed by atoms with van der Waals surface area (Å²) in [5.41, 5.74) is 4.48. The van der Waals surface area contributed by atoms with Gasteiger partial charge in [0.1, 0.15) is 0 Å². The van der Waals surface area contributed by atoms with Crippen LogP contribution in [0.1, 0.15) is 34.0 Å². The van der Waals surface area contributed by atoms with Gasteiger partial charge in [0.2, 0.25) is 10.0 Å². The van der Waals surface area contributed by atoms with Gasteiger partial charge in [0.05, 0.1) is 18.5 Å². The fourth-order valence-corrected chi connectivity index (χ4v) is 4.42. The van der Waals surface area contributed by atoms with Crippen molar-refractivity contribution in [1.82, 2.24) is 0 Å². The van der Waals surface area contributed by atoms with E-state index in [1.807, 2.05) is 38.1 Å². The van der Waals surface area contributed by atoms with Crippen molar-refractivity contribution >= 4 is 38.9 Å². The van der Waals surface area contributed by atoms with E-state index in [2.05, 4.69) is 5.32 Å². The Morgan fingerprint density at radius 3 is 2.23 bits per heavy atom. The molecule has 31 heavy (non-hydrogen) atoms. The zero-order valence-electron chi connectivity index (χ0n) is 17.7. The third kappa shape index (κ3) is 5.46. The molecule has 0 aliphatic heterocycles. The molecule has 0 saturated heterocycles. The van der Waals surface area contributed by atoms with Gasteiger partial charge in [0, 0.05) is 16.3 Å². The van der Waals surface area contributed by atoms with Crippen LogP contribution in [0.4, 0.5) is 11.4 Å². The molecule has 0 aliphatic rings. The first-order chi connectivity index (χ1) is 14.7. The molecule has 0 fully saturated rings. The van der Waals surface area contributed by atoms with Crippen LogP contribution in [0.25, 0.3) is 0 Å². The molecule has 3 aromatic carbocycles. The number of benzene rings is 3. The zero-order chi connectivity index (χ0) is 22.6. The molecular weight excluding hydrogens is 432 g/mol. The van der Waals surface area contributed by atoms with Gasteiger partial charge in [-0.25, -0.2) is 8.42 Å². The second kappa shape index (κ2) is 9.54. The quantitative estimate of drug-likeness (QED) is 0.515. The highest BCUT2D eigenvalue weighted by Gasteiger charge is 2.20. The third-order valence-electron chi connectivity index (χ3n) is 5.07. The Bertz CT molecular complexity index is 1190. The summed E-state index contributed by atoms with van der Waals surface area (Å²) in [4.78, 5) is 12.8. The molecule has 5 nitrogen and oxygen atoms in total. The number of halogens is 1. The highest BCUT2D eigenvalue weighted by atomic mass is 35.5. The molecule has 0 aliphatic carbocycles. The smallest absolute Gasteiger partial charge is 0.255 e. The van der Waals surface area contributed by atoms with E-state index >= 15 is 0 Å². The Kier molecular flexibility index (Phi) is 7.03. The van der Waals surface area contributed by atoms with Crippen LogP contribution in [0.3, 0.4) is 0 Å². The number of nitrogens with one attached hydrogen (secondary N) is 1. The second-order valence-electron chi connectivity index (χ2n) is 7.32. The van der Waals surface area contributed by atoms with Crippen LogP contribution in [-0.4, -0.2) is 20.6 Å². The lowest BCUT2D eigenvalue weighted by Crippen LogP contribution is -2.29. The van der Waals surface area contributed by atoms with Crippen molar-refractivity contribution in [2.45, 2.75) is 26.8 Å². The van der Waals surface area contributed by atoms with Crippen LogP contribution in [0.5, 0.6) is 0 Å². The molecule has 0 spiro atoms. The summed E-state index contributed by atoms with van der Waals surface area (Å²) in [5.74, 6) is -0.243. The van der Waals surface area contributed by atoms with Crippen LogP contribution in [0.2, 0.25) is 5.02 Å². The molecular formula is C24H25ClN2O3S. The highest BCUT2D eigenvalue weighted by molar-refractivity contribution is 7.92. The average Bonchev–Trinajstić information content (AvgIpc) is 2.74. The molecule has 162 valence electrons. The van der Waals surface area contributed by atoms with E-state index in [9.17, 15) is 13.2 Å². The van der Waals surface area contributed by atoms with Gasteiger partial charge in [-0.05, 0) is 60.4 Å². The van der Waals surface area contributed by atoms with E-state index in [-0.39, 0.29) is 12.5 Å². The lowest BCUT2D eigenvalue weighted by atomic mass is 10.1. The molecule has 1 amide bonds. The maximum Gasteiger partial charge on any atom is 0.255 e. The number of carbonyl (C=O) groups excluding carboxylic acids is 1. The zero-order valence-corrected chi connectivity index (χ0v) is 19.3. The highest BCUT2D eigenvalue weighted by Crippen LogP contribution is 2.26. The monoisotopic (exact) mass is 456 g/mol. The predicted molar refractivity (Wildman–Crippen MR) is 127 cm³/mol. The Morgan fingerprint density at radius 1 is 0.968 bits per heavy atom. The van der Waals surface area contributed by atoms with Crippen molar-refractivity contribution in [2.24, 2.45) is 0 Å². The first kappa shape index (κ1) is 22.8. The van der Waals surface area contributed by atoms with E-state index in [1.54, 1.807) is 42.5 Å². The van der Waals surface area contributed by atoms with Crippen LogP contribution < -0.4 is 9.62 Å². The van der Waals surface area contributed by atoms with E-state index in [0.29, 0.717) is 21.8 Å². The van der Waals surface area contributed by atoms with Gasteiger partial charge in [-0.1, -0.05) is 54.9 Å². The number of rotatable bonds is 7. The minimum Gasteiger partial charge on any atom is -0.321 e. The van der Waals surface area contributed by atoms with E-state index in [1.165, 1.54) is 4.31 Å². The fourth-order valence-electron chi connectivity index (χ4n) is 3.35. The average molecular weight is 457 g/mol. The maximum absolute atomic E-state index is 12.8. The largest absolute Gasteiger partial charge is 0.321 e. The molecule has 0 saturated carbocycles. The molecule has 0 heterocycles. The molecule has 7 heteroatoms. The molecule has 0 aromatic heterocycles. The number of hydrogen-bond acceptors (Lipinski definition) is 3. The van der Waals surface area contributed by atoms with Crippen molar-refractivity contribution in [3.8, 4) is 0 Å². The van der Waals surface area contributed by atoms with Crippen LogP contribution in [0.15, 0.2) is 66.7 Å². The van der Waals surface area contributed by atoms with Gasteiger partial charge in [-0.15, -0.1) is 0 Å². The predicted octanol–water partition coefficient (Wildman–Crippen LogP) is 5.43. The first-order valence-electron chi connectivity index (χ1n) is 9.91. The number of carbonyl (C=O) groups is 1. The minimum absolute atomic E-state index is 0.104. The molecule has 3 aromatic rings. The van der Waals surface area contributed by atoms with E-state index in [0.717, 1.165) is 29.5 Å². The summed E-state index contributed by atoms with van der Waals surface area (Å²) in [6.45, 7) is 4.10. The second-order valence-corrected chi connectivity index (χ2v) is 9.64. The van der Waals surface area contributed by atoms with Gasteiger partial charge >= 0.3 is 0 Å². The third-order valence-corrected chi connectivity index (χ3v) is 6.58. The molecule has 0 atom stereocenters. The Balaban J connectivity index is 1.85. The molecule has 0 unspecified atom stereocenters. The van der Waals surface area contributed by atoms with Crippen molar-refractivity contribution in [1.29, 1.82) is 0 Å².